The summed E-state index contributed by atoms with van der Waals surface area (Å²) in [6.07, 6.45) is 6.09. The summed E-state index contributed by atoms with van der Waals surface area (Å²) in [5.41, 5.74) is 1.96. The van der Waals surface area contributed by atoms with E-state index in [1.165, 1.54) is 18.4 Å². The molecule has 30 heavy (non-hydrogen) atoms. The smallest absolute Gasteiger partial charge is 0.227 e. The van der Waals surface area contributed by atoms with Gasteiger partial charge in [0.25, 0.3) is 0 Å². The molecule has 0 spiro atoms. The van der Waals surface area contributed by atoms with Gasteiger partial charge in [-0.1, -0.05) is 56.5 Å². The molecule has 1 saturated carbocycles. The molecule has 1 saturated heterocycles. The fourth-order valence-corrected chi connectivity index (χ4v) is 5.42. The molecule has 7 heteroatoms. The number of benzene rings is 1. The molecule has 0 bridgehead atoms. The molecule has 1 unspecified atom stereocenters. The Hall–Kier alpha value is -2.28. The van der Waals surface area contributed by atoms with Crippen molar-refractivity contribution in [2.24, 2.45) is 0 Å². The fourth-order valence-electron chi connectivity index (χ4n) is 5.42. The molecule has 2 fully saturated rings. The third-order valence-electron chi connectivity index (χ3n) is 6.99. The van der Waals surface area contributed by atoms with E-state index in [-0.39, 0.29) is 11.4 Å². The van der Waals surface area contributed by atoms with E-state index in [4.69, 9.17) is 0 Å². The van der Waals surface area contributed by atoms with Crippen molar-refractivity contribution >= 4 is 5.91 Å². The van der Waals surface area contributed by atoms with Gasteiger partial charge in [0, 0.05) is 13.1 Å². The minimum absolute atomic E-state index is 0.189. The summed E-state index contributed by atoms with van der Waals surface area (Å²) in [5.74, 6) is 1.14. The topological polar surface area (TPSA) is 67.2 Å². The summed E-state index contributed by atoms with van der Waals surface area (Å²) in [5, 5.41) is 13.0. The van der Waals surface area contributed by atoms with Gasteiger partial charge in [0.05, 0.1) is 12.5 Å². The third kappa shape index (κ3) is 3.87. The van der Waals surface area contributed by atoms with Gasteiger partial charge in [-0.15, -0.1) is 5.10 Å². The highest BCUT2D eigenvalue weighted by atomic mass is 16.2. The number of aryl methyl sites for hydroxylation is 1. The van der Waals surface area contributed by atoms with E-state index < -0.39 is 0 Å². The van der Waals surface area contributed by atoms with Crippen molar-refractivity contribution in [2.45, 2.75) is 70.9 Å². The second kappa shape index (κ2) is 8.84. The monoisotopic (exact) mass is 410 g/mol. The van der Waals surface area contributed by atoms with Crippen LogP contribution in [0.4, 0.5) is 0 Å². The molecule has 2 aliphatic rings. The second-order valence-electron chi connectivity index (χ2n) is 8.82. The number of rotatable bonds is 7. The lowest BCUT2D eigenvalue weighted by Gasteiger charge is -2.39. The highest BCUT2D eigenvalue weighted by Gasteiger charge is 2.49. The Morgan fingerprint density at radius 1 is 1.23 bits per heavy atom. The van der Waals surface area contributed by atoms with Crippen molar-refractivity contribution in [2.75, 3.05) is 26.2 Å². The van der Waals surface area contributed by atoms with Crippen LogP contribution >= 0.6 is 0 Å². The predicted octanol–water partition coefficient (Wildman–Crippen LogP) is 3.11. The Balaban J connectivity index is 1.60. The molecular formula is C23H34N6O. The zero-order valence-corrected chi connectivity index (χ0v) is 18.5. The van der Waals surface area contributed by atoms with Crippen molar-refractivity contribution in [1.29, 1.82) is 0 Å². The zero-order valence-electron chi connectivity index (χ0n) is 18.5. The molecule has 7 nitrogen and oxygen atoms in total. The summed E-state index contributed by atoms with van der Waals surface area (Å²) in [6.45, 7) is 9.67. The Labute approximate surface area is 179 Å². The average Bonchev–Trinajstić information content (AvgIpc) is 3.49. The van der Waals surface area contributed by atoms with Gasteiger partial charge in [-0.05, 0) is 55.3 Å². The minimum atomic E-state index is -0.308. The number of tetrazole rings is 1. The van der Waals surface area contributed by atoms with Crippen LogP contribution in [-0.4, -0.2) is 62.1 Å². The molecule has 2 heterocycles. The number of hydrogen-bond acceptors (Lipinski definition) is 5. The predicted molar refractivity (Wildman–Crippen MR) is 116 cm³/mol. The number of amides is 1. The first-order valence-electron chi connectivity index (χ1n) is 11.4. The maximum absolute atomic E-state index is 13.2. The molecule has 0 N–H and O–H groups in total. The van der Waals surface area contributed by atoms with Crippen molar-refractivity contribution in [3.8, 4) is 0 Å². The van der Waals surface area contributed by atoms with Crippen molar-refractivity contribution in [1.82, 2.24) is 30.0 Å². The van der Waals surface area contributed by atoms with Crippen LogP contribution in [0.2, 0.25) is 0 Å². The van der Waals surface area contributed by atoms with E-state index in [1.54, 1.807) is 0 Å². The maximum atomic E-state index is 13.2. The number of likely N-dealkylation sites (N-methyl/N-ethyl adjacent to an activating group) is 1. The maximum Gasteiger partial charge on any atom is 0.227 e. The van der Waals surface area contributed by atoms with Crippen LogP contribution in [0.15, 0.2) is 24.3 Å². The number of hydrogen-bond donors (Lipinski definition) is 0. The zero-order chi connectivity index (χ0) is 21.1. The summed E-state index contributed by atoms with van der Waals surface area (Å²) >= 11 is 0. The van der Waals surface area contributed by atoms with Crippen LogP contribution in [0.25, 0.3) is 0 Å². The van der Waals surface area contributed by atoms with Crippen molar-refractivity contribution in [3.05, 3.63) is 41.2 Å². The molecule has 1 aliphatic heterocycles. The Bertz CT molecular complexity index is 870. The molecule has 162 valence electrons. The Kier molecular flexibility index (Phi) is 6.18. The van der Waals surface area contributed by atoms with Crippen LogP contribution < -0.4 is 0 Å². The quantitative estimate of drug-likeness (QED) is 0.702. The summed E-state index contributed by atoms with van der Waals surface area (Å²) in [7, 11) is 0. The van der Waals surface area contributed by atoms with E-state index in [1.807, 2.05) is 17.0 Å². The Morgan fingerprint density at radius 2 is 2.00 bits per heavy atom. The molecule has 4 rings (SSSR count). The standard InChI is InChI=1S/C23H34N6O/c1-4-28(5-2)23(22-24-25-26-29(22)20-11-6-7-12-20)13-14-27(17-23)21(30)16-19-10-8-9-18(3)15-19/h8-10,15,20H,4-7,11-14,16-17H2,1-3H3. The second-order valence-corrected chi connectivity index (χ2v) is 8.82. The highest BCUT2D eigenvalue weighted by Crippen LogP contribution is 2.39. The lowest BCUT2D eigenvalue weighted by Crippen LogP contribution is -2.50. The minimum Gasteiger partial charge on any atom is -0.340 e. The Morgan fingerprint density at radius 3 is 2.70 bits per heavy atom. The number of carbonyl (C=O) groups is 1. The number of nitrogens with zero attached hydrogens (tertiary/aromatic N) is 6. The lowest BCUT2D eigenvalue weighted by molar-refractivity contribution is -0.130. The van der Waals surface area contributed by atoms with Crippen LogP contribution in [-0.2, 0) is 16.8 Å². The summed E-state index contributed by atoms with van der Waals surface area (Å²) in [4.78, 5) is 17.6. The van der Waals surface area contributed by atoms with Crippen LogP contribution in [0.5, 0.6) is 0 Å². The van der Waals surface area contributed by atoms with E-state index in [0.29, 0.717) is 19.0 Å². The molecule has 2 aromatic rings. The van der Waals surface area contributed by atoms with E-state index >= 15 is 0 Å². The van der Waals surface area contributed by atoms with Gasteiger partial charge in [0.1, 0.15) is 5.54 Å². The number of carbonyl (C=O) groups excluding carboxylic acids is 1. The summed E-state index contributed by atoms with van der Waals surface area (Å²) < 4.78 is 2.08. The van der Waals surface area contributed by atoms with E-state index in [9.17, 15) is 4.79 Å². The fraction of sp³-hybridized carbons (Fsp3) is 0.652. The van der Waals surface area contributed by atoms with E-state index in [2.05, 4.69) is 58.0 Å². The molecule has 1 atom stereocenters. The third-order valence-corrected chi connectivity index (χ3v) is 6.99. The first-order chi connectivity index (χ1) is 14.6. The van der Waals surface area contributed by atoms with Crippen molar-refractivity contribution in [3.63, 3.8) is 0 Å². The normalized spacial score (nSPS) is 22.3. The van der Waals surface area contributed by atoms with Gasteiger partial charge in [-0.3, -0.25) is 9.69 Å². The van der Waals surface area contributed by atoms with Gasteiger partial charge in [0.2, 0.25) is 5.91 Å². The van der Waals surface area contributed by atoms with Crippen LogP contribution in [0.1, 0.15) is 68.9 Å². The van der Waals surface area contributed by atoms with Gasteiger partial charge < -0.3 is 4.90 Å². The molecule has 1 aromatic carbocycles. The molecule has 1 aliphatic carbocycles. The van der Waals surface area contributed by atoms with Gasteiger partial charge in [0.15, 0.2) is 5.82 Å². The van der Waals surface area contributed by atoms with Crippen LogP contribution in [0, 0.1) is 6.92 Å². The van der Waals surface area contributed by atoms with E-state index in [0.717, 1.165) is 50.3 Å². The van der Waals surface area contributed by atoms with Gasteiger partial charge in [-0.2, -0.15) is 0 Å². The summed E-state index contributed by atoms with van der Waals surface area (Å²) in [6, 6.07) is 8.63. The van der Waals surface area contributed by atoms with Gasteiger partial charge in [-0.25, -0.2) is 4.68 Å². The largest absolute Gasteiger partial charge is 0.340 e. The first-order valence-corrected chi connectivity index (χ1v) is 11.4. The van der Waals surface area contributed by atoms with Crippen LogP contribution in [0.3, 0.4) is 0 Å². The molecular weight excluding hydrogens is 376 g/mol. The number of aromatic nitrogens is 4. The van der Waals surface area contributed by atoms with Gasteiger partial charge >= 0.3 is 0 Å². The number of likely N-dealkylation sites (tertiary alicyclic amines) is 1. The first kappa shape index (κ1) is 21.0. The average molecular weight is 411 g/mol. The molecule has 1 aromatic heterocycles. The molecule has 1 amide bonds. The van der Waals surface area contributed by atoms with Crippen molar-refractivity contribution < 1.29 is 4.79 Å². The highest BCUT2D eigenvalue weighted by molar-refractivity contribution is 5.79. The lowest BCUT2D eigenvalue weighted by atomic mass is 9.94. The molecule has 0 radical (unpaired) electrons. The SMILES string of the molecule is CCN(CC)C1(c2nnnn2C2CCCC2)CCN(C(=O)Cc2cccc(C)c2)C1.